The average molecular weight is 402 g/mol. The van der Waals surface area contributed by atoms with Crippen molar-refractivity contribution in [1.29, 1.82) is 0 Å². The second kappa shape index (κ2) is 7.32. The van der Waals surface area contributed by atoms with Gasteiger partial charge in [0.05, 0.1) is 5.54 Å². The van der Waals surface area contributed by atoms with Gasteiger partial charge in [0.15, 0.2) is 0 Å². The van der Waals surface area contributed by atoms with E-state index in [0.29, 0.717) is 29.8 Å². The van der Waals surface area contributed by atoms with Gasteiger partial charge >= 0.3 is 0 Å². The van der Waals surface area contributed by atoms with Crippen LogP contribution < -0.4 is 0 Å². The summed E-state index contributed by atoms with van der Waals surface area (Å²) in [6.07, 6.45) is 1.58. The SMILES string of the molecule is CC(C)(C)C(=O)N1C(=O)CC[C@@]1(C)Cc1ccc(-c2cc(Cl)ccc2F)cc1. The molecular weight excluding hydrogens is 377 g/mol. The molecule has 1 saturated heterocycles. The van der Waals surface area contributed by atoms with Crippen molar-refractivity contribution in [2.75, 3.05) is 0 Å². The number of carbonyl (C=O) groups excluding carboxylic acids is 2. The molecule has 0 saturated carbocycles. The Labute approximate surface area is 170 Å². The summed E-state index contributed by atoms with van der Waals surface area (Å²) in [6, 6.07) is 12.0. The number of imide groups is 1. The number of nitrogens with zero attached hydrogens (tertiary/aromatic N) is 1. The number of hydrogen-bond acceptors (Lipinski definition) is 2. The minimum atomic E-state index is -0.616. The van der Waals surface area contributed by atoms with Gasteiger partial charge in [0.2, 0.25) is 11.8 Å². The third-order valence-corrected chi connectivity index (χ3v) is 5.52. The Morgan fingerprint density at radius 3 is 2.43 bits per heavy atom. The van der Waals surface area contributed by atoms with Crippen LogP contribution in [0.15, 0.2) is 42.5 Å². The van der Waals surface area contributed by atoms with Gasteiger partial charge in [0.25, 0.3) is 0 Å². The highest BCUT2D eigenvalue weighted by Gasteiger charge is 2.47. The second-order valence-electron chi connectivity index (χ2n) is 8.78. The number of rotatable bonds is 3. The molecular formula is C23H25ClFNO2. The van der Waals surface area contributed by atoms with Crippen LogP contribution in [-0.4, -0.2) is 22.3 Å². The van der Waals surface area contributed by atoms with E-state index in [2.05, 4.69) is 0 Å². The van der Waals surface area contributed by atoms with Crippen molar-refractivity contribution in [3.05, 3.63) is 58.9 Å². The lowest BCUT2D eigenvalue weighted by Gasteiger charge is -2.37. The van der Waals surface area contributed by atoms with Crippen LogP contribution >= 0.6 is 11.6 Å². The zero-order chi connectivity index (χ0) is 20.7. The topological polar surface area (TPSA) is 37.4 Å². The molecule has 0 N–H and O–H groups in total. The van der Waals surface area contributed by atoms with Gasteiger partial charge in [0, 0.05) is 22.4 Å². The van der Waals surface area contributed by atoms with Crippen molar-refractivity contribution in [1.82, 2.24) is 4.90 Å². The molecule has 0 bridgehead atoms. The van der Waals surface area contributed by atoms with Gasteiger partial charge in [-0.3, -0.25) is 14.5 Å². The van der Waals surface area contributed by atoms with Crippen LogP contribution in [0.1, 0.15) is 46.1 Å². The molecule has 148 valence electrons. The van der Waals surface area contributed by atoms with Gasteiger partial charge in [-0.15, -0.1) is 0 Å². The third-order valence-electron chi connectivity index (χ3n) is 5.29. The van der Waals surface area contributed by atoms with Gasteiger partial charge in [-0.1, -0.05) is 56.6 Å². The fraction of sp³-hybridized carbons (Fsp3) is 0.391. The number of likely N-dealkylation sites (tertiary alicyclic amines) is 1. The molecule has 0 aliphatic carbocycles. The van der Waals surface area contributed by atoms with E-state index in [9.17, 15) is 14.0 Å². The van der Waals surface area contributed by atoms with Crippen molar-refractivity contribution < 1.29 is 14.0 Å². The Bertz CT molecular complexity index is 917. The van der Waals surface area contributed by atoms with E-state index in [1.54, 1.807) is 6.07 Å². The van der Waals surface area contributed by atoms with Crippen LogP contribution in [-0.2, 0) is 16.0 Å². The molecule has 1 atom stereocenters. The quantitative estimate of drug-likeness (QED) is 0.667. The van der Waals surface area contributed by atoms with Gasteiger partial charge in [-0.05, 0) is 49.1 Å². The fourth-order valence-electron chi connectivity index (χ4n) is 3.72. The van der Waals surface area contributed by atoms with Crippen LogP contribution in [0, 0.1) is 11.2 Å². The molecule has 5 heteroatoms. The van der Waals surface area contributed by atoms with Crippen molar-refractivity contribution >= 4 is 23.4 Å². The summed E-state index contributed by atoms with van der Waals surface area (Å²) in [5.74, 6) is -0.581. The first-order valence-electron chi connectivity index (χ1n) is 9.43. The zero-order valence-electron chi connectivity index (χ0n) is 16.7. The van der Waals surface area contributed by atoms with Crippen molar-refractivity contribution in [2.45, 2.75) is 52.5 Å². The lowest BCUT2D eigenvalue weighted by atomic mass is 9.86. The lowest BCUT2D eigenvalue weighted by molar-refractivity contribution is -0.152. The molecule has 1 aliphatic rings. The standard InChI is InChI=1S/C23H25ClFNO2/c1-22(2,3)21(28)26-20(27)11-12-23(26,4)14-15-5-7-16(8-6-15)18-13-17(24)9-10-19(18)25/h5-10,13H,11-12,14H2,1-4H3/t23-/m0/s1. The number of benzene rings is 2. The summed E-state index contributed by atoms with van der Waals surface area (Å²) in [7, 11) is 0. The third kappa shape index (κ3) is 3.97. The molecule has 2 aromatic carbocycles. The van der Waals surface area contributed by atoms with Crippen LogP contribution in [0.3, 0.4) is 0 Å². The maximum absolute atomic E-state index is 14.1. The van der Waals surface area contributed by atoms with E-state index in [4.69, 9.17) is 11.6 Å². The van der Waals surface area contributed by atoms with Crippen LogP contribution in [0.5, 0.6) is 0 Å². The molecule has 1 aliphatic heterocycles. The smallest absolute Gasteiger partial charge is 0.235 e. The first-order chi connectivity index (χ1) is 13.0. The molecule has 0 unspecified atom stereocenters. The van der Waals surface area contributed by atoms with E-state index in [-0.39, 0.29) is 17.6 Å². The van der Waals surface area contributed by atoms with Gasteiger partial charge in [-0.25, -0.2) is 4.39 Å². The van der Waals surface area contributed by atoms with E-state index in [0.717, 1.165) is 11.1 Å². The molecule has 0 radical (unpaired) electrons. The van der Waals surface area contributed by atoms with Crippen LogP contribution in [0.2, 0.25) is 5.02 Å². The van der Waals surface area contributed by atoms with Crippen molar-refractivity contribution in [3.63, 3.8) is 0 Å². The normalized spacial score (nSPS) is 19.9. The predicted molar refractivity (Wildman–Crippen MR) is 109 cm³/mol. The summed E-state index contributed by atoms with van der Waals surface area (Å²) in [4.78, 5) is 26.7. The Balaban J connectivity index is 1.86. The fourth-order valence-corrected chi connectivity index (χ4v) is 3.89. The van der Waals surface area contributed by atoms with Gasteiger partial charge < -0.3 is 0 Å². The lowest BCUT2D eigenvalue weighted by Crippen LogP contribution is -2.52. The molecule has 0 spiro atoms. The van der Waals surface area contributed by atoms with Crippen LogP contribution in [0.25, 0.3) is 11.1 Å². The predicted octanol–water partition coefficient (Wildman–Crippen LogP) is 5.64. The first kappa shape index (κ1) is 20.5. The molecule has 0 aromatic heterocycles. The van der Waals surface area contributed by atoms with Gasteiger partial charge in [0.1, 0.15) is 5.82 Å². The Hall–Kier alpha value is -2.20. The summed E-state index contributed by atoms with van der Waals surface area (Å²) in [5.41, 5.74) is 1.01. The highest BCUT2D eigenvalue weighted by molar-refractivity contribution is 6.30. The maximum atomic E-state index is 14.1. The summed E-state index contributed by atoms with van der Waals surface area (Å²) in [5, 5.41) is 0.480. The zero-order valence-corrected chi connectivity index (χ0v) is 17.4. The van der Waals surface area contributed by atoms with E-state index < -0.39 is 11.0 Å². The Morgan fingerprint density at radius 1 is 1.18 bits per heavy atom. The minimum Gasteiger partial charge on any atom is -0.276 e. The van der Waals surface area contributed by atoms with Gasteiger partial charge in [-0.2, -0.15) is 0 Å². The molecule has 1 fully saturated rings. The first-order valence-corrected chi connectivity index (χ1v) is 9.81. The second-order valence-corrected chi connectivity index (χ2v) is 9.22. The van der Waals surface area contributed by atoms with E-state index >= 15 is 0 Å². The Morgan fingerprint density at radius 2 is 1.82 bits per heavy atom. The maximum Gasteiger partial charge on any atom is 0.235 e. The number of hydrogen-bond donors (Lipinski definition) is 0. The number of amides is 2. The monoisotopic (exact) mass is 401 g/mol. The summed E-state index contributed by atoms with van der Waals surface area (Å²) >= 11 is 5.99. The summed E-state index contributed by atoms with van der Waals surface area (Å²) in [6.45, 7) is 7.45. The minimum absolute atomic E-state index is 0.111. The molecule has 2 amide bonds. The highest BCUT2D eigenvalue weighted by atomic mass is 35.5. The number of halogens is 2. The highest BCUT2D eigenvalue weighted by Crippen LogP contribution is 2.37. The van der Waals surface area contributed by atoms with Crippen molar-refractivity contribution in [3.8, 4) is 11.1 Å². The van der Waals surface area contributed by atoms with E-state index in [1.807, 2.05) is 52.0 Å². The average Bonchev–Trinajstić information content (AvgIpc) is 2.90. The van der Waals surface area contributed by atoms with Crippen molar-refractivity contribution in [2.24, 2.45) is 5.41 Å². The molecule has 3 nitrogen and oxygen atoms in total. The van der Waals surface area contributed by atoms with Crippen LogP contribution in [0.4, 0.5) is 4.39 Å². The number of carbonyl (C=O) groups is 2. The molecule has 3 rings (SSSR count). The molecule has 1 heterocycles. The van der Waals surface area contributed by atoms with E-state index in [1.165, 1.54) is 17.0 Å². The molecule has 2 aromatic rings. The summed E-state index contributed by atoms with van der Waals surface area (Å²) < 4.78 is 14.1. The Kier molecular flexibility index (Phi) is 5.37. The largest absolute Gasteiger partial charge is 0.276 e. The molecule has 28 heavy (non-hydrogen) atoms.